The van der Waals surface area contributed by atoms with E-state index in [1.165, 1.54) is 25.7 Å². The van der Waals surface area contributed by atoms with Gasteiger partial charge in [-0.05, 0) is 45.4 Å². The summed E-state index contributed by atoms with van der Waals surface area (Å²) >= 11 is 0. The van der Waals surface area contributed by atoms with Crippen molar-refractivity contribution >= 4 is 5.97 Å². The molecule has 0 bridgehead atoms. The minimum absolute atomic E-state index is 0.143. The zero-order valence-corrected chi connectivity index (χ0v) is 12.6. The second-order valence-electron chi connectivity index (χ2n) is 6.77. The summed E-state index contributed by atoms with van der Waals surface area (Å²) in [5.41, 5.74) is -0.386. The third-order valence-electron chi connectivity index (χ3n) is 3.60. The van der Waals surface area contributed by atoms with Crippen molar-refractivity contribution in [3.63, 3.8) is 0 Å². The predicted octanol–water partition coefficient (Wildman–Crippen LogP) is 3.13. The Kier molecular flexibility index (Phi) is 5.64. The van der Waals surface area contributed by atoms with Gasteiger partial charge in [0.15, 0.2) is 0 Å². The standard InChI is InChI=1S/C15H29NO2/c1-11(2)12-8-6-7-9-13(12)16-10-14(17)18-15(3,4)5/h11-13,16H,6-10H2,1-5H3. The molecule has 0 spiro atoms. The lowest BCUT2D eigenvalue weighted by Crippen LogP contribution is -2.44. The fraction of sp³-hybridized carbons (Fsp3) is 0.933. The zero-order valence-electron chi connectivity index (χ0n) is 12.6. The molecule has 0 aromatic carbocycles. The maximum Gasteiger partial charge on any atom is 0.320 e. The molecule has 3 heteroatoms. The highest BCUT2D eigenvalue weighted by atomic mass is 16.6. The van der Waals surface area contributed by atoms with Crippen LogP contribution < -0.4 is 5.32 Å². The molecule has 1 N–H and O–H groups in total. The fourth-order valence-corrected chi connectivity index (χ4v) is 2.80. The van der Waals surface area contributed by atoms with Gasteiger partial charge in [0.2, 0.25) is 0 Å². The molecule has 0 radical (unpaired) electrons. The largest absolute Gasteiger partial charge is 0.459 e. The highest BCUT2D eigenvalue weighted by Gasteiger charge is 2.28. The molecular weight excluding hydrogens is 226 g/mol. The van der Waals surface area contributed by atoms with Crippen LogP contribution in [0.4, 0.5) is 0 Å². The van der Waals surface area contributed by atoms with Crippen molar-refractivity contribution < 1.29 is 9.53 Å². The number of hydrogen-bond acceptors (Lipinski definition) is 3. The average Bonchev–Trinajstić information content (AvgIpc) is 2.24. The van der Waals surface area contributed by atoms with Crippen molar-refractivity contribution in [3.05, 3.63) is 0 Å². The van der Waals surface area contributed by atoms with Gasteiger partial charge in [0, 0.05) is 6.04 Å². The minimum atomic E-state index is -0.386. The van der Waals surface area contributed by atoms with E-state index in [0.29, 0.717) is 24.4 Å². The van der Waals surface area contributed by atoms with Gasteiger partial charge in [-0.25, -0.2) is 0 Å². The van der Waals surface area contributed by atoms with Crippen LogP contribution in [-0.4, -0.2) is 24.2 Å². The Labute approximate surface area is 112 Å². The molecular formula is C15H29NO2. The lowest BCUT2D eigenvalue weighted by Gasteiger charge is -2.35. The summed E-state index contributed by atoms with van der Waals surface area (Å²) < 4.78 is 5.32. The first-order chi connectivity index (χ1) is 8.29. The molecule has 0 aromatic rings. The maximum atomic E-state index is 11.7. The molecule has 0 aromatic heterocycles. The first kappa shape index (κ1) is 15.5. The van der Waals surface area contributed by atoms with E-state index in [1.54, 1.807) is 0 Å². The van der Waals surface area contributed by atoms with Crippen molar-refractivity contribution in [2.24, 2.45) is 11.8 Å². The normalized spacial score (nSPS) is 25.2. The predicted molar refractivity (Wildman–Crippen MR) is 74.4 cm³/mol. The molecule has 1 rings (SSSR count). The van der Waals surface area contributed by atoms with Crippen molar-refractivity contribution in [3.8, 4) is 0 Å². The third kappa shape index (κ3) is 5.38. The smallest absolute Gasteiger partial charge is 0.320 e. The first-order valence-corrected chi connectivity index (χ1v) is 7.25. The van der Waals surface area contributed by atoms with E-state index in [9.17, 15) is 4.79 Å². The van der Waals surface area contributed by atoms with Gasteiger partial charge in [-0.15, -0.1) is 0 Å². The molecule has 106 valence electrons. The van der Waals surface area contributed by atoms with Crippen molar-refractivity contribution in [2.75, 3.05) is 6.54 Å². The summed E-state index contributed by atoms with van der Waals surface area (Å²) in [6.45, 7) is 10.6. The molecule has 0 heterocycles. The van der Waals surface area contributed by atoms with E-state index >= 15 is 0 Å². The van der Waals surface area contributed by atoms with E-state index in [0.717, 1.165) is 0 Å². The van der Waals surface area contributed by atoms with Crippen LogP contribution in [-0.2, 0) is 9.53 Å². The van der Waals surface area contributed by atoms with Crippen LogP contribution in [0.3, 0.4) is 0 Å². The van der Waals surface area contributed by atoms with Crippen LogP contribution in [0.5, 0.6) is 0 Å². The van der Waals surface area contributed by atoms with Gasteiger partial charge in [-0.3, -0.25) is 4.79 Å². The lowest BCUT2D eigenvalue weighted by atomic mass is 9.78. The zero-order chi connectivity index (χ0) is 13.8. The van der Waals surface area contributed by atoms with Crippen LogP contribution in [0, 0.1) is 11.8 Å². The number of esters is 1. The van der Waals surface area contributed by atoms with Gasteiger partial charge in [-0.1, -0.05) is 26.7 Å². The maximum absolute atomic E-state index is 11.7. The summed E-state index contributed by atoms with van der Waals surface area (Å²) in [5, 5.41) is 3.40. The number of carbonyl (C=O) groups excluding carboxylic acids is 1. The SMILES string of the molecule is CC(C)C1CCCCC1NCC(=O)OC(C)(C)C. The third-order valence-corrected chi connectivity index (χ3v) is 3.60. The number of nitrogens with one attached hydrogen (secondary N) is 1. The molecule has 2 atom stereocenters. The summed E-state index contributed by atoms with van der Waals surface area (Å²) in [6.07, 6.45) is 5.07. The summed E-state index contributed by atoms with van der Waals surface area (Å²) in [7, 11) is 0. The molecule has 2 unspecified atom stereocenters. The highest BCUT2D eigenvalue weighted by molar-refractivity contribution is 5.72. The second-order valence-corrected chi connectivity index (χ2v) is 6.77. The summed E-state index contributed by atoms with van der Waals surface area (Å²) in [4.78, 5) is 11.7. The average molecular weight is 255 g/mol. The van der Waals surface area contributed by atoms with Gasteiger partial charge >= 0.3 is 5.97 Å². The van der Waals surface area contributed by atoms with Crippen LogP contribution >= 0.6 is 0 Å². The number of rotatable bonds is 4. The van der Waals surface area contributed by atoms with E-state index in [2.05, 4.69) is 19.2 Å². The fourth-order valence-electron chi connectivity index (χ4n) is 2.80. The molecule has 1 aliphatic carbocycles. The molecule has 0 aliphatic heterocycles. The highest BCUT2D eigenvalue weighted by Crippen LogP contribution is 2.30. The Morgan fingerprint density at radius 3 is 2.44 bits per heavy atom. The Balaban J connectivity index is 2.39. The van der Waals surface area contributed by atoms with Gasteiger partial charge in [0.25, 0.3) is 0 Å². The van der Waals surface area contributed by atoms with Crippen molar-refractivity contribution in [1.29, 1.82) is 0 Å². The van der Waals surface area contributed by atoms with Gasteiger partial charge in [0.05, 0.1) is 6.54 Å². The second kappa shape index (κ2) is 6.55. The quantitative estimate of drug-likeness (QED) is 0.784. The Morgan fingerprint density at radius 1 is 1.28 bits per heavy atom. The monoisotopic (exact) mass is 255 g/mol. The van der Waals surface area contributed by atoms with Gasteiger partial charge in [0.1, 0.15) is 5.60 Å². The lowest BCUT2D eigenvalue weighted by molar-refractivity contribution is -0.153. The molecule has 0 amide bonds. The summed E-state index contributed by atoms with van der Waals surface area (Å²) in [6, 6.07) is 0.478. The number of ether oxygens (including phenoxy) is 1. The Hall–Kier alpha value is -0.570. The number of carbonyl (C=O) groups is 1. The van der Waals surface area contributed by atoms with Gasteiger partial charge in [-0.2, -0.15) is 0 Å². The topological polar surface area (TPSA) is 38.3 Å². The molecule has 3 nitrogen and oxygen atoms in total. The molecule has 1 fully saturated rings. The van der Waals surface area contributed by atoms with E-state index in [4.69, 9.17) is 4.74 Å². The van der Waals surface area contributed by atoms with E-state index in [-0.39, 0.29) is 11.6 Å². The number of hydrogen-bond donors (Lipinski definition) is 1. The molecule has 1 saturated carbocycles. The molecule has 18 heavy (non-hydrogen) atoms. The molecule has 0 saturated heterocycles. The van der Waals surface area contributed by atoms with Crippen LogP contribution in [0.25, 0.3) is 0 Å². The van der Waals surface area contributed by atoms with Crippen molar-refractivity contribution in [1.82, 2.24) is 5.32 Å². The van der Waals surface area contributed by atoms with Crippen molar-refractivity contribution in [2.45, 2.75) is 71.9 Å². The Morgan fingerprint density at radius 2 is 1.89 bits per heavy atom. The van der Waals surface area contributed by atoms with Crippen LogP contribution in [0.2, 0.25) is 0 Å². The van der Waals surface area contributed by atoms with E-state index in [1.807, 2.05) is 20.8 Å². The van der Waals surface area contributed by atoms with Crippen LogP contribution in [0.15, 0.2) is 0 Å². The molecule has 1 aliphatic rings. The Bertz CT molecular complexity index is 268. The first-order valence-electron chi connectivity index (χ1n) is 7.25. The summed E-state index contributed by atoms with van der Waals surface area (Å²) in [5.74, 6) is 1.23. The van der Waals surface area contributed by atoms with Gasteiger partial charge < -0.3 is 10.1 Å². The van der Waals surface area contributed by atoms with E-state index < -0.39 is 0 Å². The van der Waals surface area contributed by atoms with Crippen LogP contribution in [0.1, 0.15) is 60.3 Å². The minimum Gasteiger partial charge on any atom is -0.459 e.